The Kier molecular flexibility index (Phi) is 2.91. The first-order valence-corrected chi connectivity index (χ1v) is 5.53. The maximum atomic E-state index is 9.86. The zero-order valence-electron chi connectivity index (χ0n) is 9.29. The highest BCUT2D eigenvalue weighted by Crippen LogP contribution is 2.34. The third-order valence-electron chi connectivity index (χ3n) is 2.76. The SMILES string of the molecule is CCOc1cc(C)nc2c1CCCC2O. The molecule has 1 aromatic rings. The van der Waals surface area contributed by atoms with Gasteiger partial charge in [-0.05, 0) is 33.1 Å². The van der Waals surface area contributed by atoms with E-state index in [0.29, 0.717) is 6.61 Å². The predicted octanol–water partition coefficient (Wildman–Crippen LogP) is 2.16. The molecule has 3 nitrogen and oxygen atoms in total. The monoisotopic (exact) mass is 207 g/mol. The number of hydrogen-bond donors (Lipinski definition) is 1. The van der Waals surface area contributed by atoms with Crippen LogP contribution in [-0.2, 0) is 6.42 Å². The second-order valence-electron chi connectivity index (χ2n) is 3.97. The average Bonchev–Trinajstić information content (AvgIpc) is 2.20. The quantitative estimate of drug-likeness (QED) is 0.808. The summed E-state index contributed by atoms with van der Waals surface area (Å²) in [5.41, 5.74) is 2.84. The molecule has 1 N–H and O–H groups in total. The number of fused-ring (bicyclic) bond motifs is 1. The van der Waals surface area contributed by atoms with Crippen molar-refractivity contribution in [3.63, 3.8) is 0 Å². The minimum atomic E-state index is -0.409. The highest BCUT2D eigenvalue weighted by atomic mass is 16.5. The van der Waals surface area contributed by atoms with Gasteiger partial charge in [0.05, 0.1) is 18.4 Å². The van der Waals surface area contributed by atoms with Gasteiger partial charge in [-0.1, -0.05) is 0 Å². The van der Waals surface area contributed by atoms with Crippen LogP contribution in [0.3, 0.4) is 0 Å². The zero-order chi connectivity index (χ0) is 10.8. The van der Waals surface area contributed by atoms with Crippen molar-refractivity contribution in [1.29, 1.82) is 0 Å². The molecule has 0 aromatic carbocycles. The first kappa shape index (κ1) is 10.4. The summed E-state index contributed by atoms with van der Waals surface area (Å²) < 4.78 is 5.58. The van der Waals surface area contributed by atoms with E-state index in [2.05, 4.69) is 4.98 Å². The first-order valence-electron chi connectivity index (χ1n) is 5.53. The van der Waals surface area contributed by atoms with Crippen LogP contribution in [0.1, 0.15) is 42.8 Å². The summed E-state index contributed by atoms with van der Waals surface area (Å²) in [5.74, 6) is 0.902. The largest absolute Gasteiger partial charge is 0.493 e. The molecule has 1 aromatic heterocycles. The molecule has 1 unspecified atom stereocenters. The van der Waals surface area contributed by atoms with Crippen LogP contribution >= 0.6 is 0 Å². The second-order valence-corrected chi connectivity index (χ2v) is 3.97. The Bertz CT molecular complexity index is 363. The molecule has 1 aliphatic rings. The van der Waals surface area contributed by atoms with Crippen molar-refractivity contribution >= 4 is 0 Å². The molecule has 0 saturated carbocycles. The molecular formula is C12H17NO2. The van der Waals surface area contributed by atoms with Crippen LogP contribution in [0.5, 0.6) is 5.75 Å². The van der Waals surface area contributed by atoms with Crippen molar-refractivity contribution in [2.24, 2.45) is 0 Å². The number of aliphatic hydroxyl groups is 1. The minimum absolute atomic E-state index is 0.409. The molecule has 1 aliphatic carbocycles. The lowest BCUT2D eigenvalue weighted by Gasteiger charge is -2.23. The lowest BCUT2D eigenvalue weighted by Crippen LogP contribution is -2.14. The van der Waals surface area contributed by atoms with Crippen LogP contribution in [0.4, 0.5) is 0 Å². The van der Waals surface area contributed by atoms with E-state index in [1.165, 1.54) is 0 Å². The second kappa shape index (κ2) is 4.19. The van der Waals surface area contributed by atoms with E-state index in [4.69, 9.17) is 4.74 Å². The molecule has 15 heavy (non-hydrogen) atoms. The van der Waals surface area contributed by atoms with E-state index in [9.17, 15) is 5.11 Å². The summed E-state index contributed by atoms with van der Waals surface area (Å²) in [7, 11) is 0. The molecule has 0 radical (unpaired) electrons. The van der Waals surface area contributed by atoms with E-state index in [-0.39, 0.29) is 0 Å². The van der Waals surface area contributed by atoms with Crippen LogP contribution in [0.25, 0.3) is 0 Å². The van der Waals surface area contributed by atoms with Gasteiger partial charge in [-0.15, -0.1) is 0 Å². The summed E-state index contributed by atoms with van der Waals surface area (Å²) in [5, 5.41) is 9.86. The summed E-state index contributed by atoms with van der Waals surface area (Å²) >= 11 is 0. The molecule has 2 rings (SSSR count). The van der Waals surface area contributed by atoms with Crippen LogP contribution < -0.4 is 4.74 Å². The lowest BCUT2D eigenvalue weighted by molar-refractivity contribution is 0.150. The van der Waals surface area contributed by atoms with Gasteiger partial charge in [0.15, 0.2) is 0 Å². The van der Waals surface area contributed by atoms with E-state index in [1.54, 1.807) is 0 Å². The molecule has 1 heterocycles. The van der Waals surface area contributed by atoms with Crippen molar-refractivity contribution in [2.75, 3.05) is 6.61 Å². The molecule has 3 heteroatoms. The fourth-order valence-electron chi connectivity index (χ4n) is 2.11. The summed E-state index contributed by atoms with van der Waals surface area (Å²) in [4.78, 5) is 4.41. The Hall–Kier alpha value is -1.09. The first-order chi connectivity index (χ1) is 7.22. The van der Waals surface area contributed by atoms with Gasteiger partial charge < -0.3 is 9.84 Å². The number of aryl methyl sites for hydroxylation is 1. The Morgan fingerprint density at radius 2 is 2.40 bits per heavy atom. The van der Waals surface area contributed by atoms with Crippen molar-refractivity contribution < 1.29 is 9.84 Å². The zero-order valence-corrected chi connectivity index (χ0v) is 9.29. The van der Waals surface area contributed by atoms with Gasteiger partial charge in [-0.2, -0.15) is 0 Å². The van der Waals surface area contributed by atoms with Gasteiger partial charge in [0.1, 0.15) is 5.75 Å². The normalized spacial score (nSPS) is 19.8. The number of pyridine rings is 1. The standard InChI is InChI=1S/C12H17NO2/c1-3-15-11-7-8(2)13-12-9(11)5-4-6-10(12)14/h7,10,14H,3-6H2,1-2H3. The van der Waals surface area contributed by atoms with Gasteiger partial charge in [-0.25, -0.2) is 0 Å². The van der Waals surface area contributed by atoms with Crippen molar-refractivity contribution in [2.45, 2.75) is 39.2 Å². The molecule has 0 bridgehead atoms. The molecule has 0 saturated heterocycles. The fourth-order valence-corrected chi connectivity index (χ4v) is 2.11. The minimum Gasteiger partial charge on any atom is -0.493 e. The molecule has 82 valence electrons. The third-order valence-corrected chi connectivity index (χ3v) is 2.76. The number of aliphatic hydroxyl groups excluding tert-OH is 1. The van der Waals surface area contributed by atoms with Crippen molar-refractivity contribution in [3.05, 3.63) is 23.0 Å². The molecule has 0 amide bonds. The smallest absolute Gasteiger partial charge is 0.126 e. The third kappa shape index (κ3) is 1.97. The summed E-state index contributed by atoms with van der Waals surface area (Å²) in [6.07, 6.45) is 2.39. The van der Waals surface area contributed by atoms with Gasteiger partial charge >= 0.3 is 0 Å². The number of aromatic nitrogens is 1. The maximum absolute atomic E-state index is 9.86. The molecule has 0 aliphatic heterocycles. The van der Waals surface area contributed by atoms with Crippen LogP contribution in [0, 0.1) is 6.92 Å². The highest BCUT2D eigenvalue weighted by Gasteiger charge is 2.23. The van der Waals surface area contributed by atoms with E-state index >= 15 is 0 Å². The molecule has 0 spiro atoms. The highest BCUT2D eigenvalue weighted by molar-refractivity contribution is 5.40. The fraction of sp³-hybridized carbons (Fsp3) is 0.583. The van der Waals surface area contributed by atoms with E-state index < -0.39 is 6.10 Å². The Labute approximate surface area is 90.1 Å². The predicted molar refractivity (Wildman–Crippen MR) is 58.0 cm³/mol. The molecule has 0 fully saturated rings. The van der Waals surface area contributed by atoms with Crippen molar-refractivity contribution in [1.82, 2.24) is 4.98 Å². The van der Waals surface area contributed by atoms with Crippen LogP contribution in [-0.4, -0.2) is 16.7 Å². The number of hydrogen-bond acceptors (Lipinski definition) is 3. The topological polar surface area (TPSA) is 42.4 Å². The average molecular weight is 207 g/mol. The number of rotatable bonds is 2. The van der Waals surface area contributed by atoms with E-state index in [1.807, 2.05) is 19.9 Å². The lowest BCUT2D eigenvalue weighted by atomic mass is 9.92. The van der Waals surface area contributed by atoms with Gasteiger partial charge in [0.2, 0.25) is 0 Å². The van der Waals surface area contributed by atoms with Gasteiger partial charge in [0.25, 0.3) is 0 Å². The van der Waals surface area contributed by atoms with Crippen LogP contribution in [0.2, 0.25) is 0 Å². The molecular weight excluding hydrogens is 190 g/mol. The van der Waals surface area contributed by atoms with Crippen LogP contribution in [0.15, 0.2) is 6.07 Å². The van der Waals surface area contributed by atoms with E-state index in [0.717, 1.165) is 42.0 Å². The molecule has 1 atom stereocenters. The maximum Gasteiger partial charge on any atom is 0.126 e. The Morgan fingerprint density at radius 1 is 1.60 bits per heavy atom. The number of ether oxygens (including phenoxy) is 1. The van der Waals surface area contributed by atoms with Gasteiger partial charge in [-0.3, -0.25) is 4.98 Å². The van der Waals surface area contributed by atoms with Crippen molar-refractivity contribution in [3.8, 4) is 5.75 Å². The summed E-state index contributed by atoms with van der Waals surface area (Å²) in [6, 6.07) is 1.96. The summed E-state index contributed by atoms with van der Waals surface area (Å²) in [6.45, 7) is 4.57. The Morgan fingerprint density at radius 3 is 3.13 bits per heavy atom. The van der Waals surface area contributed by atoms with Gasteiger partial charge in [0, 0.05) is 17.3 Å². The Balaban J connectivity index is 2.47. The number of nitrogens with zero attached hydrogens (tertiary/aromatic N) is 1.